The number of esters is 1. The van der Waals surface area contributed by atoms with Gasteiger partial charge in [0.2, 0.25) is 6.10 Å². The Morgan fingerprint density at radius 3 is 2.03 bits per heavy atom. The van der Waals surface area contributed by atoms with Crippen LogP contribution in [0.25, 0.3) is 0 Å². The minimum Gasteiger partial charge on any atom is -0.478 e. The summed E-state index contributed by atoms with van der Waals surface area (Å²) in [6, 6.07) is 27.7. The molecular weight excluding hydrogens is 376 g/mol. The first kappa shape index (κ1) is 21.6. The van der Waals surface area contributed by atoms with E-state index in [0.717, 1.165) is 16.7 Å². The second-order valence-corrected chi connectivity index (χ2v) is 7.33. The fourth-order valence-electron chi connectivity index (χ4n) is 3.29. The Morgan fingerprint density at radius 2 is 1.43 bits per heavy atom. The van der Waals surface area contributed by atoms with Crippen LogP contribution < -0.4 is 4.74 Å². The van der Waals surface area contributed by atoms with Crippen LogP contribution in [0.1, 0.15) is 16.7 Å². The van der Waals surface area contributed by atoms with Gasteiger partial charge in [0.05, 0.1) is 20.3 Å². The molecule has 0 radical (unpaired) electrons. The summed E-state index contributed by atoms with van der Waals surface area (Å²) in [6.07, 6.45) is -0.130. The molecule has 0 aliphatic heterocycles. The SMILES string of the molecule is COC(=O)[C@@H](Oc1ccc(C)cc1)[C@@H](COCc1ccccc1)Cc1ccccc1. The van der Waals surface area contributed by atoms with Gasteiger partial charge in [-0.2, -0.15) is 0 Å². The molecule has 30 heavy (non-hydrogen) atoms. The molecule has 0 aromatic heterocycles. The first-order valence-electron chi connectivity index (χ1n) is 10.1. The standard InChI is InChI=1S/C26H28O4/c1-20-13-15-24(16-14-20)30-25(26(27)28-2)23(17-21-9-5-3-6-10-21)19-29-18-22-11-7-4-8-12-22/h3-16,23,25H,17-19H2,1-2H3/t23-,25+/m1/s1. The summed E-state index contributed by atoms with van der Waals surface area (Å²) in [5.74, 6) is 0.0294. The van der Waals surface area contributed by atoms with E-state index in [1.165, 1.54) is 7.11 Å². The molecule has 4 heteroatoms. The zero-order valence-corrected chi connectivity index (χ0v) is 17.5. The molecular formula is C26H28O4. The van der Waals surface area contributed by atoms with E-state index >= 15 is 0 Å². The van der Waals surface area contributed by atoms with Gasteiger partial charge in [0.15, 0.2) is 0 Å². The summed E-state index contributed by atoms with van der Waals surface area (Å²) in [5.41, 5.74) is 3.33. The van der Waals surface area contributed by atoms with Crippen LogP contribution in [0.4, 0.5) is 0 Å². The Bertz CT molecular complexity index is 891. The van der Waals surface area contributed by atoms with Crippen LogP contribution in [0.2, 0.25) is 0 Å². The molecule has 0 aliphatic carbocycles. The molecule has 3 rings (SSSR count). The van der Waals surface area contributed by atoms with Crippen LogP contribution in [0, 0.1) is 12.8 Å². The molecule has 0 bridgehead atoms. The van der Waals surface area contributed by atoms with E-state index in [-0.39, 0.29) is 5.92 Å². The highest BCUT2D eigenvalue weighted by molar-refractivity contribution is 5.75. The van der Waals surface area contributed by atoms with Crippen LogP contribution in [0.3, 0.4) is 0 Å². The van der Waals surface area contributed by atoms with Crippen LogP contribution in [0.5, 0.6) is 5.75 Å². The Labute approximate surface area is 178 Å². The Balaban J connectivity index is 1.77. The Morgan fingerprint density at radius 1 is 0.833 bits per heavy atom. The minimum absolute atomic E-state index is 0.204. The van der Waals surface area contributed by atoms with Gasteiger partial charge in [0.25, 0.3) is 0 Å². The zero-order chi connectivity index (χ0) is 21.2. The van der Waals surface area contributed by atoms with Gasteiger partial charge in [0, 0.05) is 5.92 Å². The highest BCUT2D eigenvalue weighted by Gasteiger charge is 2.32. The van der Waals surface area contributed by atoms with Gasteiger partial charge in [-0.25, -0.2) is 4.79 Å². The van der Waals surface area contributed by atoms with E-state index in [1.807, 2.05) is 91.9 Å². The first-order valence-corrected chi connectivity index (χ1v) is 10.1. The van der Waals surface area contributed by atoms with Crippen molar-refractivity contribution in [2.75, 3.05) is 13.7 Å². The van der Waals surface area contributed by atoms with E-state index in [4.69, 9.17) is 14.2 Å². The highest BCUT2D eigenvalue weighted by atomic mass is 16.6. The highest BCUT2D eigenvalue weighted by Crippen LogP contribution is 2.22. The van der Waals surface area contributed by atoms with Crippen LogP contribution in [-0.4, -0.2) is 25.8 Å². The Hall–Kier alpha value is -3.11. The van der Waals surface area contributed by atoms with Gasteiger partial charge < -0.3 is 14.2 Å². The number of methoxy groups -OCH3 is 1. The molecule has 0 saturated carbocycles. The quantitative estimate of drug-likeness (QED) is 0.447. The number of carbonyl (C=O) groups is 1. The van der Waals surface area contributed by atoms with Crippen molar-refractivity contribution in [3.8, 4) is 5.75 Å². The molecule has 3 aromatic rings. The van der Waals surface area contributed by atoms with Crippen LogP contribution in [-0.2, 0) is 27.3 Å². The predicted molar refractivity (Wildman–Crippen MR) is 117 cm³/mol. The van der Waals surface area contributed by atoms with Crippen molar-refractivity contribution < 1.29 is 19.0 Å². The van der Waals surface area contributed by atoms with Gasteiger partial charge in [0.1, 0.15) is 5.75 Å². The molecule has 0 aliphatic rings. The number of benzene rings is 3. The normalized spacial score (nSPS) is 12.7. The summed E-state index contributed by atoms with van der Waals surface area (Å²) in [6.45, 7) is 2.86. The van der Waals surface area contributed by atoms with E-state index in [0.29, 0.717) is 25.4 Å². The third kappa shape index (κ3) is 6.46. The molecule has 3 aromatic carbocycles. The van der Waals surface area contributed by atoms with Gasteiger partial charge in [-0.05, 0) is 36.6 Å². The molecule has 156 valence electrons. The lowest BCUT2D eigenvalue weighted by Crippen LogP contribution is -2.39. The molecule has 0 amide bonds. The summed E-state index contributed by atoms with van der Waals surface area (Å²) in [7, 11) is 1.39. The van der Waals surface area contributed by atoms with Crippen molar-refractivity contribution in [2.45, 2.75) is 26.1 Å². The lowest BCUT2D eigenvalue weighted by Gasteiger charge is -2.26. The van der Waals surface area contributed by atoms with E-state index in [1.54, 1.807) is 0 Å². The van der Waals surface area contributed by atoms with Crippen molar-refractivity contribution in [3.63, 3.8) is 0 Å². The number of rotatable bonds is 10. The molecule has 0 heterocycles. The van der Waals surface area contributed by atoms with Crippen molar-refractivity contribution in [1.82, 2.24) is 0 Å². The summed E-state index contributed by atoms with van der Waals surface area (Å²) < 4.78 is 17.2. The lowest BCUT2D eigenvalue weighted by molar-refractivity contribution is -0.153. The fourth-order valence-corrected chi connectivity index (χ4v) is 3.29. The maximum Gasteiger partial charge on any atom is 0.347 e. The number of aryl methyl sites for hydroxylation is 1. The molecule has 0 fully saturated rings. The number of hydrogen-bond acceptors (Lipinski definition) is 4. The maximum atomic E-state index is 12.6. The van der Waals surface area contributed by atoms with Crippen molar-refractivity contribution >= 4 is 5.97 Å². The lowest BCUT2D eigenvalue weighted by atomic mass is 9.94. The van der Waals surface area contributed by atoms with Crippen molar-refractivity contribution in [1.29, 1.82) is 0 Å². The molecule has 0 spiro atoms. The van der Waals surface area contributed by atoms with Crippen LogP contribution in [0.15, 0.2) is 84.9 Å². The van der Waals surface area contributed by atoms with Gasteiger partial charge in [-0.3, -0.25) is 0 Å². The summed E-state index contributed by atoms with van der Waals surface area (Å²) in [4.78, 5) is 12.6. The Kier molecular flexibility index (Phi) is 8.04. The smallest absolute Gasteiger partial charge is 0.347 e. The molecule has 0 saturated heterocycles. The maximum absolute atomic E-state index is 12.6. The number of ether oxygens (including phenoxy) is 3. The fraction of sp³-hybridized carbons (Fsp3) is 0.269. The summed E-state index contributed by atoms with van der Waals surface area (Å²) in [5, 5.41) is 0. The van der Waals surface area contributed by atoms with Gasteiger partial charge in [-0.15, -0.1) is 0 Å². The number of carbonyl (C=O) groups excluding carboxylic acids is 1. The first-order chi connectivity index (χ1) is 14.7. The van der Waals surface area contributed by atoms with Gasteiger partial charge in [-0.1, -0.05) is 78.4 Å². The third-order valence-corrected chi connectivity index (χ3v) is 4.93. The topological polar surface area (TPSA) is 44.8 Å². The second-order valence-electron chi connectivity index (χ2n) is 7.33. The minimum atomic E-state index is -0.770. The van der Waals surface area contributed by atoms with E-state index in [9.17, 15) is 4.79 Å². The molecule has 4 nitrogen and oxygen atoms in total. The monoisotopic (exact) mass is 404 g/mol. The second kappa shape index (κ2) is 11.2. The number of hydrogen-bond donors (Lipinski definition) is 0. The molecule has 0 unspecified atom stereocenters. The molecule has 2 atom stereocenters. The predicted octanol–water partition coefficient (Wildman–Crippen LogP) is 4.99. The average Bonchev–Trinajstić information content (AvgIpc) is 2.79. The van der Waals surface area contributed by atoms with Crippen LogP contribution >= 0.6 is 0 Å². The third-order valence-electron chi connectivity index (χ3n) is 4.93. The van der Waals surface area contributed by atoms with Crippen molar-refractivity contribution in [3.05, 3.63) is 102 Å². The molecule has 0 N–H and O–H groups in total. The van der Waals surface area contributed by atoms with E-state index < -0.39 is 12.1 Å². The van der Waals surface area contributed by atoms with E-state index in [2.05, 4.69) is 0 Å². The summed E-state index contributed by atoms with van der Waals surface area (Å²) >= 11 is 0. The largest absolute Gasteiger partial charge is 0.478 e. The zero-order valence-electron chi connectivity index (χ0n) is 17.5. The van der Waals surface area contributed by atoms with Gasteiger partial charge >= 0.3 is 5.97 Å². The average molecular weight is 405 g/mol. The van der Waals surface area contributed by atoms with Crippen molar-refractivity contribution in [2.24, 2.45) is 5.92 Å².